The summed E-state index contributed by atoms with van der Waals surface area (Å²) in [5, 5.41) is 0. The molecular formula is C40H56O17. The summed E-state index contributed by atoms with van der Waals surface area (Å²) in [6.07, 6.45) is -8.16. The van der Waals surface area contributed by atoms with Crippen LogP contribution in [0.2, 0.25) is 0 Å². The molecule has 17 nitrogen and oxygen atoms in total. The van der Waals surface area contributed by atoms with Crippen LogP contribution < -0.4 is 0 Å². The van der Waals surface area contributed by atoms with Gasteiger partial charge in [0.25, 0.3) is 0 Å². The van der Waals surface area contributed by atoms with Gasteiger partial charge < -0.3 is 37.9 Å². The summed E-state index contributed by atoms with van der Waals surface area (Å²) in [6, 6.07) is 0. The van der Waals surface area contributed by atoms with E-state index in [1.165, 1.54) is 53.7 Å². The number of carbonyl (C=O) groups excluding carboxylic acids is 9. The van der Waals surface area contributed by atoms with Crippen LogP contribution in [0.4, 0.5) is 0 Å². The molecule has 3 aliphatic rings. The van der Waals surface area contributed by atoms with Gasteiger partial charge in [-0.25, -0.2) is 0 Å². The second-order valence-corrected chi connectivity index (χ2v) is 16.5. The Labute approximate surface area is 332 Å². The van der Waals surface area contributed by atoms with Crippen LogP contribution in [-0.4, -0.2) is 101 Å². The lowest BCUT2D eigenvalue weighted by Gasteiger charge is -2.53. The van der Waals surface area contributed by atoms with Gasteiger partial charge in [-0.15, -0.1) is 0 Å². The van der Waals surface area contributed by atoms with Crippen LogP contribution in [-0.2, 0) is 81.0 Å². The number of fused-ring (bicyclic) bond motifs is 3. The lowest BCUT2D eigenvalue weighted by atomic mass is 9.66. The van der Waals surface area contributed by atoms with Crippen LogP contribution in [0.3, 0.4) is 0 Å². The number of ether oxygens (including phenoxy) is 8. The average Bonchev–Trinajstić information content (AvgIpc) is 3.29. The first kappa shape index (κ1) is 46.6. The van der Waals surface area contributed by atoms with Crippen molar-refractivity contribution in [1.29, 1.82) is 0 Å². The SMILES string of the molecule is CC(=O)OC1C(OC(C)=O)C(C)(C)C=CC(C)C(=O)C2(OC(C)=O)CC(C)(OC(C)=O)C(OC(C)=O)C2C2OC(=O)CCC2(OC(=O)C(C)C)C1OC(=O)C(C)C. The Morgan fingerprint density at radius 1 is 0.684 bits per heavy atom. The third-order valence-electron chi connectivity index (χ3n) is 10.4. The molecule has 0 radical (unpaired) electrons. The van der Waals surface area contributed by atoms with Crippen LogP contribution >= 0.6 is 0 Å². The Kier molecular flexibility index (Phi) is 14.2. The van der Waals surface area contributed by atoms with Crippen LogP contribution in [0.5, 0.6) is 0 Å². The molecule has 0 aromatic carbocycles. The minimum atomic E-state index is -2.52. The summed E-state index contributed by atoms with van der Waals surface area (Å²) in [4.78, 5) is 122. The average molecular weight is 809 g/mol. The fourth-order valence-corrected chi connectivity index (χ4v) is 8.08. The van der Waals surface area contributed by atoms with Gasteiger partial charge in [0.1, 0.15) is 0 Å². The molecule has 3 rings (SSSR count). The monoisotopic (exact) mass is 808 g/mol. The van der Waals surface area contributed by atoms with E-state index in [1.807, 2.05) is 0 Å². The molecule has 2 fully saturated rings. The Hall–Kier alpha value is -4.83. The van der Waals surface area contributed by atoms with Gasteiger partial charge in [-0.05, 0) is 6.92 Å². The van der Waals surface area contributed by atoms with Crippen molar-refractivity contribution in [2.75, 3.05) is 0 Å². The number of hydrogen-bond acceptors (Lipinski definition) is 17. The minimum absolute atomic E-state index is 0.525. The zero-order chi connectivity index (χ0) is 43.6. The van der Waals surface area contributed by atoms with E-state index >= 15 is 4.79 Å². The first-order valence-electron chi connectivity index (χ1n) is 18.9. The maximum atomic E-state index is 15.2. The summed E-state index contributed by atoms with van der Waals surface area (Å²) in [5.74, 6) is -13.3. The normalized spacial score (nSPS) is 33.6. The molecule has 57 heavy (non-hydrogen) atoms. The molecule has 17 heteroatoms. The number of Topliss-reactive ketones (excluding diaryl/α,β-unsaturated/α-hetero) is 1. The number of carbonyl (C=O) groups is 9. The number of ketones is 1. The van der Waals surface area contributed by atoms with E-state index in [0.717, 1.165) is 34.6 Å². The molecule has 318 valence electrons. The quantitative estimate of drug-likeness (QED) is 0.185. The van der Waals surface area contributed by atoms with E-state index < -0.39 is 149 Å². The molecule has 0 amide bonds. The molecule has 1 saturated carbocycles. The summed E-state index contributed by atoms with van der Waals surface area (Å²) in [7, 11) is 0. The van der Waals surface area contributed by atoms with Gasteiger partial charge in [0.15, 0.2) is 53.1 Å². The van der Waals surface area contributed by atoms with E-state index in [4.69, 9.17) is 37.9 Å². The third-order valence-corrected chi connectivity index (χ3v) is 10.4. The smallest absolute Gasteiger partial charge is 0.309 e. The minimum Gasteiger partial charge on any atom is -0.458 e. The number of hydrogen-bond donors (Lipinski definition) is 0. The Morgan fingerprint density at radius 3 is 1.70 bits per heavy atom. The second kappa shape index (κ2) is 17.3. The number of rotatable bonds is 9. The Morgan fingerprint density at radius 2 is 1.21 bits per heavy atom. The van der Waals surface area contributed by atoms with E-state index in [-0.39, 0.29) is 0 Å². The zero-order valence-electron chi connectivity index (χ0n) is 34.9. The molecule has 0 aromatic heterocycles. The molecule has 1 heterocycles. The lowest BCUT2D eigenvalue weighted by molar-refractivity contribution is -0.274. The summed E-state index contributed by atoms with van der Waals surface area (Å²) >= 11 is 0. The molecule has 1 aliphatic heterocycles. The highest BCUT2D eigenvalue weighted by Crippen LogP contribution is 2.57. The summed E-state index contributed by atoms with van der Waals surface area (Å²) < 4.78 is 48.3. The molecule has 10 unspecified atom stereocenters. The molecule has 0 bridgehead atoms. The predicted molar refractivity (Wildman–Crippen MR) is 194 cm³/mol. The maximum Gasteiger partial charge on any atom is 0.309 e. The van der Waals surface area contributed by atoms with Crippen molar-refractivity contribution in [1.82, 2.24) is 0 Å². The predicted octanol–water partition coefficient (Wildman–Crippen LogP) is 3.44. The fourth-order valence-electron chi connectivity index (χ4n) is 8.08. The molecule has 10 atom stereocenters. The molecule has 2 aliphatic carbocycles. The van der Waals surface area contributed by atoms with Crippen molar-refractivity contribution in [2.45, 2.75) is 157 Å². The molecule has 0 aromatic rings. The van der Waals surface area contributed by atoms with Crippen molar-refractivity contribution >= 4 is 53.5 Å². The second-order valence-electron chi connectivity index (χ2n) is 16.5. The van der Waals surface area contributed by atoms with Crippen LogP contribution in [0.25, 0.3) is 0 Å². The van der Waals surface area contributed by atoms with Crippen molar-refractivity contribution in [3.63, 3.8) is 0 Å². The largest absolute Gasteiger partial charge is 0.458 e. The van der Waals surface area contributed by atoms with Crippen LogP contribution in [0, 0.1) is 29.1 Å². The molecule has 0 N–H and O–H groups in total. The van der Waals surface area contributed by atoms with Crippen LogP contribution in [0.15, 0.2) is 12.2 Å². The zero-order valence-corrected chi connectivity index (χ0v) is 34.9. The van der Waals surface area contributed by atoms with Gasteiger partial charge in [0, 0.05) is 65.2 Å². The highest BCUT2D eigenvalue weighted by atomic mass is 16.7. The lowest BCUT2D eigenvalue weighted by Crippen LogP contribution is -2.72. The van der Waals surface area contributed by atoms with Gasteiger partial charge >= 0.3 is 47.8 Å². The first-order chi connectivity index (χ1) is 26.1. The highest BCUT2D eigenvalue weighted by Gasteiger charge is 2.76. The van der Waals surface area contributed by atoms with Gasteiger partial charge in [-0.2, -0.15) is 0 Å². The van der Waals surface area contributed by atoms with Gasteiger partial charge in [-0.3, -0.25) is 43.2 Å². The maximum absolute atomic E-state index is 15.2. The number of esters is 8. The standard InChI is InChI=1S/C40H56O17/c1-19(2)35(48)54-34-29(50-22(6)41)33(52-24(8)43)37(11,12)16-14-21(5)30(47)40(56-26(10)45)18-38(13,55-25(9)44)31(51-23(7)42)28(40)32-39(34,17-15-27(46)53-32)57-36(49)20(3)4/h14,16,19-21,28-29,31-34H,15,17-18H2,1-13H3. The summed E-state index contributed by atoms with van der Waals surface area (Å²) in [5.41, 5.74) is -8.42. The van der Waals surface area contributed by atoms with Gasteiger partial charge in [0.2, 0.25) is 0 Å². The van der Waals surface area contributed by atoms with Crippen molar-refractivity contribution in [3.8, 4) is 0 Å². The highest BCUT2D eigenvalue weighted by molar-refractivity contribution is 5.94. The third kappa shape index (κ3) is 9.83. The van der Waals surface area contributed by atoms with Crippen molar-refractivity contribution in [3.05, 3.63) is 12.2 Å². The molecule has 0 spiro atoms. The Balaban J connectivity index is 2.79. The van der Waals surface area contributed by atoms with E-state index in [0.29, 0.717) is 0 Å². The molecule has 1 saturated heterocycles. The van der Waals surface area contributed by atoms with Crippen molar-refractivity contribution in [2.24, 2.45) is 29.1 Å². The Bertz CT molecular complexity index is 1680. The van der Waals surface area contributed by atoms with Crippen LogP contribution in [0.1, 0.15) is 109 Å². The number of allylic oxidation sites excluding steroid dienone is 1. The fraction of sp³-hybridized carbons (Fsp3) is 0.725. The van der Waals surface area contributed by atoms with E-state index in [9.17, 15) is 38.4 Å². The molecular weight excluding hydrogens is 752 g/mol. The topological polar surface area (TPSA) is 227 Å². The van der Waals surface area contributed by atoms with Crippen molar-refractivity contribution < 1.29 is 81.0 Å². The first-order valence-corrected chi connectivity index (χ1v) is 18.9. The van der Waals surface area contributed by atoms with Gasteiger partial charge in [-0.1, -0.05) is 60.6 Å². The van der Waals surface area contributed by atoms with Gasteiger partial charge in [0.05, 0.1) is 17.8 Å². The summed E-state index contributed by atoms with van der Waals surface area (Å²) in [6.45, 7) is 17.1. The van der Waals surface area contributed by atoms with E-state index in [1.54, 1.807) is 13.8 Å². The van der Waals surface area contributed by atoms with E-state index in [2.05, 4.69) is 0 Å².